The smallest absolute Gasteiger partial charge is 0.318 e. The first-order chi connectivity index (χ1) is 9.60. The first-order valence-electron chi connectivity index (χ1n) is 5.86. The third-order valence-electron chi connectivity index (χ3n) is 2.58. The van der Waals surface area contributed by atoms with E-state index in [4.69, 9.17) is 11.6 Å². The molecule has 0 heterocycles. The van der Waals surface area contributed by atoms with Crippen molar-refractivity contribution in [3.05, 3.63) is 53.6 Å². The number of benzene rings is 2. The highest BCUT2D eigenvalue weighted by Gasteiger charge is 2.14. The molecule has 2 aromatic rings. The van der Waals surface area contributed by atoms with Gasteiger partial charge in [-0.05, 0) is 48.5 Å². The van der Waals surface area contributed by atoms with Crippen molar-refractivity contribution in [2.45, 2.75) is 9.79 Å². The van der Waals surface area contributed by atoms with Gasteiger partial charge in [-0.25, -0.2) is 4.79 Å². The number of anilines is 1. The number of nitrogens with one attached hydrogen (secondary N) is 2. The Morgan fingerprint density at radius 1 is 1.05 bits per heavy atom. The van der Waals surface area contributed by atoms with Crippen LogP contribution in [0.25, 0.3) is 0 Å². The maximum absolute atomic E-state index is 12.3. The van der Waals surface area contributed by atoms with Crippen LogP contribution in [0.15, 0.2) is 58.3 Å². The van der Waals surface area contributed by atoms with Gasteiger partial charge < -0.3 is 15.2 Å². The lowest BCUT2D eigenvalue weighted by Crippen LogP contribution is -2.24. The Labute approximate surface area is 125 Å². The zero-order valence-electron chi connectivity index (χ0n) is 10.7. The van der Waals surface area contributed by atoms with Crippen LogP contribution in [0.2, 0.25) is 5.02 Å². The molecule has 0 spiro atoms. The summed E-state index contributed by atoms with van der Waals surface area (Å²) in [4.78, 5) is 12.5. The summed E-state index contributed by atoms with van der Waals surface area (Å²) in [5.74, 6) is 0. The number of carbonyl (C=O) groups excluding carboxylic acids is 1. The van der Waals surface area contributed by atoms with Gasteiger partial charge >= 0.3 is 6.03 Å². The summed E-state index contributed by atoms with van der Waals surface area (Å²) in [7, 11) is 1.54. The molecule has 1 unspecified atom stereocenters. The van der Waals surface area contributed by atoms with Gasteiger partial charge in [-0.15, -0.1) is 0 Å². The first-order valence-corrected chi connectivity index (χ1v) is 7.39. The van der Waals surface area contributed by atoms with Crippen LogP contribution in [-0.2, 0) is 11.2 Å². The number of urea groups is 1. The van der Waals surface area contributed by atoms with E-state index in [1.807, 2.05) is 0 Å². The van der Waals surface area contributed by atoms with Crippen LogP contribution in [0.5, 0.6) is 0 Å². The van der Waals surface area contributed by atoms with Crippen LogP contribution in [0.4, 0.5) is 10.5 Å². The van der Waals surface area contributed by atoms with Crippen molar-refractivity contribution in [2.24, 2.45) is 0 Å². The predicted molar refractivity (Wildman–Crippen MR) is 80.6 cm³/mol. The average Bonchev–Trinajstić information content (AvgIpc) is 2.48. The standard InChI is InChI=1S/C14H13ClN2O2S/c1-16-14(18)17-11-4-8-13(9-5-11)20(19)12-6-2-10(15)3-7-12/h2-9H,1H3,(H2,16,17,18). The summed E-state index contributed by atoms with van der Waals surface area (Å²) in [6.07, 6.45) is 0. The van der Waals surface area contributed by atoms with Crippen molar-refractivity contribution in [3.63, 3.8) is 0 Å². The Bertz CT molecular complexity index is 587. The fraction of sp³-hybridized carbons (Fsp3) is 0.0714. The molecule has 104 valence electrons. The molecule has 1 atom stereocenters. The minimum absolute atomic E-state index is 0.295. The molecular weight excluding hydrogens is 296 g/mol. The highest BCUT2D eigenvalue weighted by molar-refractivity contribution is 7.91. The first kappa shape index (κ1) is 14.7. The summed E-state index contributed by atoms with van der Waals surface area (Å²) in [6.45, 7) is 0. The van der Waals surface area contributed by atoms with Gasteiger partial charge in [0, 0.05) is 28.9 Å². The highest BCUT2D eigenvalue weighted by atomic mass is 35.5. The van der Waals surface area contributed by atoms with Gasteiger partial charge in [-0.1, -0.05) is 11.6 Å². The van der Waals surface area contributed by atoms with Crippen molar-refractivity contribution < 1.29 is 9.35 Å². The van der Waals surface area contributed by atoms with Gasteiger partial charge in [0.1, 0.15) is 0 Å². The number of rotatable bonds is 3. The SMILES string of the molecule is CNC(=O)Nc1ccc([S+]([O-])c2ccc(Cl)cc2)cc1. The van der Waals surface area contributed by atoms with Gasteiger partial charge in [0.2, 0.25) is 0 Å². The molecule has 0 aliphatic rings. The van der Waals surface area contributed by atoms with Gasteiger partial charge in [-0.3, -0.25) is 0 Å². The molecule has 2 rings (SSSR count). The molecule has 0 fully saturated rings. The molecule has 2 amide bonds. The van der Waals surface area contributed by atoms with Crippen molar-refractivity contribution in [1.82, 2.24) is 5.32 Å². The molecule has 0 aliphatic carbocycles. The Hall–Kier alpha value is -1.69. The zero-order valence-corrected chi connectivity index (χ0v) is 12.3. The van der Waals surface area contributed by atoms with Crippen LogP contribution in [0.1, 0.15) is 0 Å². The van der Waals surface area contributed by atoms with E-state index in [1.54, 1.807) is 55.6 Å². The van der Waals surface area contributed by atoms with Crippen LogP contribution < -0.4 is 10.6 Å². The third kappa shape index (κ3) is 3.66. The van der Waals surface area contributed by atoms with Gasteiger partial charge in [0.25, 0.3) is 0 Å². The van der Waals surface area contributed by atoms with E-state index in [0.717, 1.165) is 0 Å². The van der Waals surface area contributed by atoms with Crippen LogP contribution in [0, 0.1) is 0 Å². The summed E-state index contributed by atoms with van der Waals surface area (Å²) >= 11 is 4.54. The minimum atomic E-state index is -1.26. The second-order valence-electron chi connectivity index (χ2n) is 3.95. The van der Waals surface area contributed by atoms with E-state index in [9.17, 15) is 9.35 Å². The number of halogens is 1. The van der Waals surface area contributed by atoms with Crippen LogP contribution in [-0.4, -0.2) is 17.6 Å². The average molecular weight is 309 g/mol. The summed E-state index contributed by atoms with van der Waals surface area (Å²) in [5.41, 5.74) is 0.640. The predicted octanol–water partition coefficient (Wildman–Crippen LogP) is 3.26. The Morgan fingerprint density at radius 2 is 1.55 bits per heavy atom. The van der Waals surface area contributed by atoms with Gasteiger partial charge in [-0.2, -0.15) is 0 Å². The summed E-state index contributed by atoms with van der Waals surface area (Å²) in [5, 5.41) is 5.71. The lowest BCUT2D eigenvalue weighted by atomic mass is 10.3. The Morgan fingerprint density at radius 3 is 2.05 bits per heavy atom. The lowest BCUT2D eigenvalue weighted by molar-refractivity contribution is 0.254. The van der Waals surface area contributed by atoms with E-state index in [-0.39, 0.29) is 6.03 Å². The van der Waals surface area contributed by atoms with Crippen LogP contribution in [0.3, 0.4) is 0 Å². The van der Waals surface area contributed by atoms with Gasteiger partial charge in [0.05, 0.1) is 0 Å². The van der Waals surface area contributed by atoms with E-state index in [1.165, 1.54) is 0 Å². The fourth-order valence-electron chi connectivity index (χ4n) is 1.55. The second kappa shape index (κ2) is 6.65. The molecule has 6 heteroatoms. The van der Waals surface area contributed by atoms with Crippen molar-refractivity contribution in [2.75, 3.05) is 12.4 Å². The molecule has 0 radical (unpaired) electrons. The minimum Gasteiger partial charge on any atom is -0.606 e. The Kier molecular flexibility index (Phi) is 4.89. The quantitative estimate of drug-likeness (QED) is 0.855. The van der Waals surface area contributed by atoms with E-state index >= 15 is 0 Å². The molecule has 0 aliphatic heterocycles. The number of amides is 2. The Balaban J connectivity index is 2.13. The maximum atomic E-state index is 12.3. The second-order valence-corrected chi connectivity index (χ2v) is 5.87. The topological polar surface area (TPSA) is 64.2 Å². The number of hydrogen-bond donors (Lipinski definition) is 2. The molecule has 0 saturated heterocycles. The molecular formula is C14H13ClN2O2S. The van der Waals surface area contributed by atoms with Gasteiger partial charge in [0.15, 0.2) is 9.79 Å². The monoisotopic (exact) mass is 308 g/mol. The van der Waals surface area contributed by atoms with Crippen molar-refractivity contribution >= 4 is 34.5 Å². The molecule has 20 heavy (non-hydrogen) atoms. The van der Waals surface area contributed by atoms with Crippen LogP contribution >= 0.6 is 11.6 Å². The maximum Gasteiger partial charge on any atom is 0.318 e. The molecule has 0 bridgehead atoms. The summed E-state index contributed by atoms with van der Waals surface area (Å²) in [6, 6.07) is 13.4. The van der Waals surface area contributed by atoms with E-state index in [0.29, 0.717) is 20.5 Å². The lowest BCUT2D eigenvalue weighted by Gasteiger charge is -2.10. The number of hydrogen-bond acceptors (Lipinski definition) is 2. The van der Waals surface area contributed by atoms with E-state index in [2.05, 4.69) is 10.6 Å². The van der Waals surface area contributed by atoms with Crippen molar-refractivity contribution in [1.29, 1.82) is 0 Å². The number of carbonyl (C=O) groups is 1. The zero-order chi connectivity index (χ0) is 14.5. The molecule has 2 aromatic carbocycles. The molecule has 2 N–H and O–H groups in total. The van der Waals surface area contributed by atoms with E-state index < -0.39 is 11.2 Å². The normalized spacial score (nSPS) is 11.8. The largest absolute Gasteiger partial charge is 0.606 e. The summed E-state index contributed by atoms with van der Waals surface area (Å²) < 4.78 is 12.3. The van der Waals surface area contributed by atoms with Crippen molar-refractivity contribution in [3.8, 4) is 0 Å². The molecule has 0 saturated carbocycles. The molecule has 0 aromatic heterocycles. The highest BCUT2D eigenvalue weighted by Crippen LogP contribution is 2.23. The third-order valence-corrected chi connectivity index (χ3v) is 4.23. The molecule has 4 nitrogen and oxygen atoms in total. The fourth-order valence-corrected chi connectivity index (χ4v) is 2.71.